The Balaban J connectivity index is 1.27. The smallest absolute Gasteiger partial charge is 0.229 e. The molecule has 0 aliphatic rings. The third-order valence-corrected chi connectivity index (χ3v) is 9.41. The van der Waals surface area contributed by atoms with Gasteiger partial charge in [-0.15, -0.1) is 11.3 Å². The fourth-order valence-corrected chi connectivity index (χ4v) is 7.35. The monoisotopic (exact) mass is 568 g/mol. The maximum atomic E-state index is 6.41. The molecule has 0 fully saturated rings. The van der Waals surface area contributed by atoms with Gasteiger partial charge in [0, 0.05) is 36.6 Å². The highest BCUT2D eigenvalue weighted by molar-refractivity contribution is 7.26. The van der Waals surface area contributed by atoms with E-state index < -0.39 is 0 Å². The number of hydrogen-bond donors (Lipinski definition) is 0. The van der Waals surface area contributed by atoms with Gasteiger partial charge in [0.15, 0.2) is 0 Å². The van der Waals surface area contributed by atoms with Gasteiger partial charge in [-0.25, -0.2) is 0 Å². The molecule has 6 aromatic carbocycles. The zero-order valence-corrected chi connectivity index (χ0v) is 23.9. The predicted molar refractivity (Wildman–Crippen MR) is 182 cm³/mol. The quantitative estimate of drug-likeness (QED) is 0.211. The van der Waals surface area contributed by atoms with Crippen LogP contribution in [0.15, 0.2) is 150 Å². The van der Waals surface area contributed by atoms with Gasteiger partial charge in [0.05, 0.1) is 5.69 Å². The maximum Gasteiger partial charge on any atom is 0.229 e. The fourth-order valence-electron chi connectivity index (χ4n) is 6.23. The highest BCUT2D eigenvalue weighted by Crippen LogP contribution is 2.45. The molecule has 9 rings (SSSR count). The number of pyridine rings is 1. The molecule has 3 nitrogen and oxygen atoms in total. The van der Waals surface area contributed by atoms with Crippen molar-refractivity contribution < 1.29 is 4.42 Å². The lowest BCUT2D eigenvalue weighted by Crippen LogP contribution is -2.11. The van der Waals surface area contributed by atoms with Crippen LogP contribution in [0.5, 0.6) is 0 Å². The number of thiophene rings is 1. The first-order chi connectivity index (χ1) is 21.3. The number of hydrogen-bond acceptors (Lipinski definition) is 4. The largest absolute Gasteiger partial charge is 0.438 e. The number of benzene rings is 6. The third-order valence-electron chi connectivity index (χ3n) is 8.27. The molecular formula is C39H24N2OS. The highest BCUT2D eigenvalue weighted by Gasteiger charge is 2.21. The van der Waals surface area contributed by atoms with Crippen LogP contribution < -0.4 is 4.90 Å². The van der Waals surface area contributed by atoms with E-state index in [9.17, 15) is 0 Å². The van der Waals surface area contributed by atoms with Gasteiger partial charge in [-0.3, -0.25) is 4.90 Å². The Morgan fingerprint density at radius 1 is 0.535 bits per heavy atom. The van der Waals surface area contributed by atoms with Gasteiger partial charge in [0.1, 0.15) is 11.4 Å². The van der Waals surface area contributed by atoms with Crippen LogP contribution in [0.4, 0.5) is 17.2 Å². The summed E-state index contributed by atoms with van der Waals surface area (Å²) in [5.41, 5.74) is 5.99. The van der Waals surface area contributed by atoms with Gasteiger partial charge in [-0.1, -0.05) is 91.0 Å². The SMILES string of the molecule is c1ccc(-c2ccc(N(c3ccc4c(n3)oc3cc5ccccc5cc34)c3cccc4sc5ccccc5c34)cc2)cc1. The minimum absolute atomic E-state index is 0.635. The van der Waals surface area contributed by atoms with Crippen molar-refractivity contribution in [1.29, 1.82) is 0 Å². The van der Waals surface area contributed by atoms with E-state index in [4.69, 9.17) is 9.40 Å². The lowest BCUT2D eigenvalue weighted by molar-refractivity contribution is 0.655. The van der Waals surface area contributed by atoms with Gasteiger partial charge in [0.25, 0.3) is 0 Å². The number of rotatable bonds is 4. The summed E-state index contributed by atoms with van der Waals surface area (Å²) in [6, 6.07) is 51.4. The molecule has 0 saturated heterocycles. The summed E-state index contributed by atoms with van der Waals surface area (Å²) in [7, 11) is 0. The van der Waals surface area contributed by atoms with Crippen molar-refractivity contribution in [3.8, 4) is 11.1 Å². The average Bonchev–Trinajstić information content (AvgIpc) is 3.62. The molecule has 0 aliphatic heterocycles. The summed E-state index contributed by atoms with van der Waals surface area (Å²) in [5, 5.41) is 6.93. The van der Waals surface area contributed by atoms with E-state index in [0.29, 0.717) is 5.71 Å². The summed E-state index contributed by atoms with van der Waals surface area (Å²) in [4.78, 5) is 7.43. The maximum absolute atomic E-state index is 6.41. The van der Waals surface area contributed by atoms with Gasteiger partial charge < -0.3 is 4.42 Å². The van der Waals surface area contributed by atoms with Gasteiger partial charge in [-0.2, -0.15) is 4.98 Å². The molecule has 0 amide bonds. The Morgan fingerprint density at radius 3 is 2.12 bits per heavy atom. The molecule has 0 N–H and O–H groups in total. The van der Waals surface area contributed by atoms with Crippen LogP contribution in [-0.4, -0.2) is 4.98 Å². The Labute approximate surface area is 251 Å². The van der Waals surface area contributed by atoms with Crippen LogP contribution in [0.3, 0.4) is 0 Å². The lowest BCUT2D eigenvalue weighted by atomic mass is 10.0. The normalized spacial score (nSPS) is 11.7. The van der Waals surface area contributed by atoms with Crippen molar-refractivity contribution in [3.05, 3.63) is 146 Å². The molecule has 0 spiro atoms. The van der Waals surface area contributed by atoms with Crippen LogP contribution in [0, 0.1) is 0 Å². The number of furan rings is 1. The third kappa shape index (κ3) is 3.92. The second kappa shape index (κ2) is 9.55. The summed E-state index contributed by atoms with van der Waals surface area (Å²) < 4.78 is 8.93. The average molecular weight is 569 g/mol. The zero-order valence-electron chi connectivity index (χ0n) is 23.1. The first-order valence-corrected chi connectivity index (χ1v) is 15.2. The van der Waals surface area contributed by atoms with Crippen molar-refractivity contribution in [2.24, 2.45) is 0 Å². The van der Waals surface area contributed by atoms with Crippen LogP contribution >= 0.6 is 11.3 Å². The van der Waals surface area contributed by atoms with Crippen molar-refractivity contribution in [2.45, 2.75) is 0 Å². The second-order valence-electron chi connectivity index (χ2n) is 10.8. The highest BCUT2D eigenvalue weighted by atomic mass is 32.1. The molecule has 0 radical (unpaired) electrons. The molecule has 0 atom stereocenters. The molecule has 202 valence electrons. The van der Waals surface area contributed by atoms with Crippen molar-refractivity contribution in [2.75, 3.05) is 4.90 Å². The van der Waals surface area contributed by atoms with Gasteiger partial charge >= 0.3 is 0 Å². The first-order valence-electron chi connectivity index (χ1n) is 14.4. The molecule has 3 aromatic heterocycles. The summed E-state index contributed by atoms with van der Waals surface area (Å²) >= 11 is 1.82. The van der Waals surface area contributed by atoms with Crippen molar-refractivity contribution >= 4 is 81.5 Å². The predicted octanol–water partition coefficient (Wildman–Crippen LogP) is 11.6. The van der Waals surface area contributed by atoms with E-state index in [1.54, 1.807) is 0 Å². The van der Waals surface area contributed by atoms with Crippen LogP contribution in [-0.2, 0) is 0 Å². The Hall–Kier alpha value is -5.45. The standard InChI is InChI=1S/C39H24N2OS/c1-2-9-25(10-3-1)26-17-19-29(20-18-26)41(33-14-8-16-36-38(33)31-13-6-7-15-35(31)43-36)37-22-21-30-32-23-27-11-4-5-12-28(27)24-34(32)42-39(30)40-37/h1-24H. The van der Waals surface area contributed by atoms with E-state index in [1.165, 1.54) is 36.7 Å². The summed E-state index contributed by atoms with van der Waals surface area (Å²) in [6.07, 6.45) is 0. The van der Waals surface area contributed by atoms with Gasteiger partial charge in [0.2, 0.25) is 5.71 Å². The number of aromatic nitrogens is 1. The molecule has 0 saturated carbocycles. The minimum atomic E-state index is 0.635. The van der Waals surface area contributed by atoms with Crippen LogP contribution in [0.25, 0.3) is 64.1 Å². The van der Waals surface area contributed by atoms with E-state index in [1.807, 2.05) is 17.4 Å². The lowest BCUT2D eigenvalue weighted by Gasteiger charge is -2.25. The van der Waals surface area contributed by atoms with Crippen LogP contribution in [0.1, 0.15) is 0 Å². The molecule has 4 heteroatoms. The van der Waals surface area contributed by atoms with Crippen molar-refractivity contribution in [1.82, 2.24) is 4.98 Å². The molecule has 3 heterocycles. The Morgan fingerprint density at radius 2 is 1.26 bits per heavy atom. The van der Waals surface area contributed by atoms with E-state index in [2.05, 4.69) is 144 Å². The Bertz CT molecular complexity index is 2460. The second-order valence-corrected chi connectivity index (χ2v) is 11.9. The number of nitrogens with zero attached hydrogens (tertiary/aromatic N) is 2. The first kappa shape index (κ1) is 24.2. The molecule has 0 unspecified atom stereocenters. The molecular weight excluding hydrogens is 545 g/mol. The van der Waals surface area contributed by atoms with Crippen molar-refractivity contribution in [3.63, 3.8) is 0 Å². The molecule has 43 heavy (non-hydrogen) atoms. The van der Waals surface area contributed by atoms with Gasteiger partial charge in [-0.05, 0) is 76.5 Å². The molecule has 0 aliphatic carbocycles. The van der Waals surface area contributed by atoms with Crippen LogP contribution in [0.2, 0.25) is 0 Å². The zero-order chi connectivity index (χ0) is 28.3. The summed E-state index contributed by atoms with van der Waals surface area (Å²) in [5.74, 6) is 0.811. The Kier molecular flexibility index (Phi) is 5.37. The van der Waals surface area contributed by atoms with E-state index >= 15 is 0 Å². The number of fused-ring (bicyclic) bond motifs is 7. The van der Waals surface area contributed by atoms with E-state index in [-0.39, 0.29) is 0 Å². The number of anilines is 3. The fraction of sp³-hybridized carbons (Fsp3) is 0. The molecule has 0 bridgehead atoms. The topological polar surface area (TPSA) is 29.3 Å². The molecule has 9 aromatic rings. The summed E-state index contributed by atoms with van der Waals surface area (Å²) in [6.45, 7) is 0. The minimum Gasteiger partial charge on any atom is -0.438 e. The van der Waals surface area contributed by atoms with E-state index in [0.717, 1.165) is 38.9 Å².